The molecular weight excluding hydrogens is 426 g/mol. The molecule has 3 fully saturated rings. The zero-order valence-electron chi connectivity index (χ0n) is 15.4. The first-order valence-corrected chi connectivity index (χ1v) is 10.5. The van der Waals surface area contributed by atoms with Crippen molar-refractivity contribution < 1.29 is 14.6 Å². The summed E-state index contributed by atoms with van der Waals surface area (Å²) >= 11 is 3.51. The number of aliphatic hydroxyl groups is 1. The maximum atomic E-state index is 12.7. The number of hydrogen-bond donors (Lipinski definition) is 4. The third-order valence-corrected chi connectivity index (χ3v) is 6.24. The lowest BCUT2D eigenvalue weighted by Gasteiger charge is -2.40. The molecule has 2 saturated heterocycles. The van der Waals surface area contributed by atoms with E-state index in [4.69, 9.17) is 4.74 Å². The summed E-state index contributed by atoms with van der Waals surface area (Å²) in [7, 11) is 0. The fraction of sp³-hybridized carbons (Fsp3) is 0.526. The Balaban J connectivity index is 1.38. The van der Waals surface area contributed by atoms with Crippen molar-refractivity contribution in [1.82, 2.24) is 21.0 Å². The lowest BCUT2D eigenvalue weighted by Crippen LogP contribution is -2.68. The van der Waals surface area contributed by atoms with Crippen molar-refractivity contribution in [2.75, 3.05) is 31.3 Å². The molecule has 1 amide bonds. The topological polar surface area (TPSA) is 89.1 Å². The number of morpholine rings is 1. The van der Waals surface area contributed by atoms with Crippen molar-refractivity contribution in [3.8, 4) is 0 Å². The van der Waals surface area contributed by atoms with E-state index in [9.17, 15) is 9.90 Å². The van der Waals surface area contributed by atoms with Gasteiger partial charge in [-0.3, -0.25) is 20.0 Å². The van der Waals surface area contributed by atoms with Gasteiger partial charge in [-0.05, 0) is 37.0 Å². The minimum Gasteiger partial charge on any atom is -0.388 e. The van der Waals surface area contributed by atoms with Crippen molar-refractivity contribution in [3.05, 3.63) is 40.0 Å². The molecule has 1 aromatic rings. The number of ether oxygens (including phenoxy) is 1. The zero-order chi connectivity index (χ0) is 19.3. The van der Waals surface area contributed by atoms with Crippen molar-refractivity contribution in [2.45, 2.75) is 31.4 Å². The lowest BCUT2D eigenvalue weighted by molar-refractivity contribution is -0.123. The van der Waals surface area contributed by atoms with Gasteiger partial charge in [-0.1, -0.05) is 15.9 Å². The van der Waals surface area contributed by atoms with Gasteiger partial charge in [-0.25, -0.2) is 5.43 Å². The van der Waals surface area contributed by atoms with E-state index in [0.717, 1.165) is 41.7 Å². The number of fused-ring (bicyclic) bond motifs is 1. The van der Waals surface area contributed by atoms with Gasteiger partial charge >= 0.3 is 0 Å². The third-order valence-electron chi connectivity index (χ3n) is 5.75. The van der Waals surface area contributed by atoms with Crippen LogP contribution >= 0.6 is 15.9 Å². The minimum absolute atomic E-state index is 0.0864. The van der Waals surface area contributed by atoms with E-state index in [1.807, 2.05) is 29.4 Å². The van der Waals surface area contributed by atoms with Crippen molar-refractivity contribution in [2.24, 2.45) is 5.92 Å². The van der Waals surface area contributed by atoms with E-state index in [1.165, 1.54) is 0 Å². The summed E-state index contributed by atoms with van der Waals surface area (Å²) in [6.45, 7) is 2.89. The monoisotopic (exact) mass is 449 g/mol. The molecule has 28 heavy (non-hydrogen) atoms. The van der Waals surface area contributed by atoms with Crippen molar-refractivity contribution >= 4 is 27.5 Å². The minimum atomic E-state index is -0.502. The molecule has 1 saturated carbocycles. The summed E-state index contributed by atoms with van der Waals surface area (Å²) in [5, 5.41) is 19.1. The predicted octanol–water partition coefficient (Wildman–Crippen LogP) is 0.762. The van der Waals surface area contributed by atoms with Crippen LogP contribution in [0.25, 0.3) is 0 Å². The third kappa shape index (κ3) is 3.47. The SMILES string of the molecule is O=C1NC(N2CCOCC2)NC2NN(c3ccc(Br)cc3C(O)C3CC3)C=C12. The highest BCUT2D eigenvalue weighted by Gasteiger charge is 2.40. The Morgan fingerprint density at radius 2 is 2.04 bits per heavy atom. The maximum absolute atomic E-state index is 12.7. The van der Waals surface area contributed by atoms with E-state index in [2.05, 4.69) is 36.9 Å². The van der Waals surface area contributed by atoms with Crippen LogP contribution in [0.5, 0.6) is 0 Å². The maximum Gasteiger partial charge on any atom is 0.254 e. The summed E-state index contributed by atoms with van der Waals surface area (Å²) in [5.74, 6) is 0.231. The average molecular weight is 450 g/mol. The summed E-state index contributed by atoms with van der Waals surface area (Å²) in [6.07, 6.45) is 2.90. The Bertz CT molecular complexity index is 809. The normalized spacial score (nSPS) is 29.3. The quantitative estimate of drug-likeness (QED) is 0.539. The van der Waals surface area contributed by atoms with Gasteiger partial charge in [-0.15, -0.1) is 0 Å². The summed E-state index contributed by atoms with van der Waals surface area (Å²) in [6, 6.07) is 5.87. The highest BCUT2D eigenvalue weighted by atomic mass is 79.9. The van der Waals surface area contributed by atoms with Crippen LogP contribution in [0.4, 0.5) is 5.69 Å². The molecule has 0 radical (unpaired) electrons. The number of carbonyl (C=O) groups is 1. The van der Waals surface area contributed by atoms with Gasteiger partial charge in [0.15, 0.2) is 0 Å². The van der Waals surface area contributed by atoms with Gasteiger partial charge in [0.1, 0.15) is 12.5 Å². The van der Waals surface area contributed by atoms with Gasteiger partial charge < -0.3 is 15.2 Å². The van der Waals surface area contributed by atoms with E-state index in [-0.39, 0.29) is 18.4 Å². The number of benzene rings is 1. The summed E-state index contributed by atoms with van der Waals surface area (Å²) in [4.78, 5) is 14.9. The Hall–Kier alpha value is -1.49. The van der Waals surface area contributed by atoms with Crippen molar-refractivity contribution in [3.63, 3.8) is 0 Å². The molecule has 3 heterocycles. The Labute approximate surface area is 172 Å². The van der Waals surface area contributed by atoms with Gasteiger partial charge in [-0.2, -0.15) is 0 Å². The molecule has 8 nitrogen and oxygen atoms in total. The number of aliphatic hydroxyl groups excluding tert-OH is 1. The molecule has 1 aliphatic carbocycles. The van der Waals surface area contributed by atoms with Gasteiger partial charge in [0, 0.05) is 29.3 Å². The molecule has 9 heteroatoms. The van der Waals surface area contributed by atoms with Gasteiger partial charge in [0.25, 0.3) is 5.91 Å². The molecule has 0 spiro atoms. The lowest BCUT2D eigenvalue weighted by atomic mass is 10.0. The Kier molecular flexibility index (Phi) is 4.90. The first-order chi connectivity index (χ1) is 13.6. The number of carbonyl (C=O) groups excluding carboxylic acids is 1. The smallest absolute Gasteiger partial charge is 0.254 e. The molecular formula is C19H24BrN5O3. The molecule has 150 valence electrons. The molecule has 4 aliphatic rings. The molecule has 0 bridgehead atoms. The van der Waals surface area contributed by atoms with Crippen LogP contribution in [0.15, 0.2) is 34.4 Å². The standard InChI is InChI=1S/C19H24BrN5O3/c20-12-3-4-15(13(9-12)16(26)11-1-2-11)25-10-14-17(23-25)21-19(22-18(14)27)24-5-7-28-8-6-24/h3-4,9-11,16-17,19,21,23,26H,1-2,5-8H2,(H,22,27). The van der Waals surface area contributed by atoms with Gasteiger partial charge in [0.2, 0.25) is 0 Å². The van der Waals surface area contributed by atoms with Crippen LogP contribution < -0.4 is 21.1 Å². The molecule has 1 aromatic carbocycles. The Morgan fingerprint density at radius 3 is 2.79 bits per heavy atom. The number of anilines is 1. The van der Waals surface area contributed by atoms with Crippen LogP contribution in [-0.2, 0) is 9.53 Å². The molecule has 5 rings (SSSR count). The highest BCUT2D eigenvalue weighted by Crippen LogP contribution is 2.44. The van der Waals surface area contributed by atoms with Crippen LogP contribution in [0, 0.1) is 5.92 Å². The number of rotatable bonds is 4. The number of amides is 1. The molecule has 4 N–H and O–H groups in total. The number of halogens is 1. The second-order valence-corrected chi connectivity index (χ2v) is 8.61. The zero-order valence-corrected chi connectivity index (χ0v) is 17.0. The number of nitrogens with zero attached hydrogens (tertiary/aromatic N) is 2. The largest absolute Gasteiger partial charge is 0.388 e. The van der Waals surface area contributed by atoms with E-state index in [1.54, 1.807) is 0 Å². The highest BCUT2D eigenvalue weighted by molar-refractivity contribution is 9.10. The average Bonchev–Trinajstić information content (AvgIpc) is 3.47. The fourth-order valence-corrected chi connectivity index (χ4v) is 4.38. The number of hydrogen-bond acceptors (Lipinski definition) is 7. The van der Waals surface area contributed by atoms with Crippen LogP contribution in [-0.4, -0.2) is 54.7 Å². The first-order valence-electron chi connectivity index (χ1n) is 9.73. The predicted molar refractivity (Wildman–Crippen MR) is 107 cm³/mol. The number of hydrazine groups is 1. The van der Waals surface area contributed by atoms with Crippen molar-refractivity contribution in [1.29, 1.82) is 0 Å². The van der Waals surface area contributed by atoms with Crippen LogP contribution in [0.2, 0.25) is 0 Å². The second-order valence-electron chi connectivity index (χ2n) is 7.69. The second kappa shape index (κ2) is 7.40. The van der Waals surface area contributed by atoms with Gasteiger partial charge in [0.05, 0.1) is 30.6 Å². The molecule has 3 unspecified atom stereocenters. The van der Waals surface area contributed by atoms with E-state index < -0.39 is 6.10 Å². The first kappa shape index (κ1) is 18.5. The van der Waals surface area contributed by atoms with Crippen LogP contribution in [0.1, 0.15) is 24.5 Å². The summed E-state index contributed by atoms with van der Waals surface area (Å²) in [5.41, 5.74) is 5.73. The summed E-state index contributed by atoms with van der Waals surface area (Å²) < 4.78 is 6.33. The molecule has 3 atom stereocenters. The fourth-order valence-electron chi connectivity index (χ4n) is 4.00. The molecule has 0 aromatic heterocycles. The number of nitrogens with one attached hydrogen (secondary N) is 3. The van der Waals surface area contributed by atoms with Crippen LogP contribution in [0.3, 0.4) is 0 Å². The molecule has 3 aliphatic heterocycles. The van der Waals surface area contributed by atoms with E-state index in [0.29, 0.717) is 24.7 Å². The van der Waals surface area contributed by atoms with E-state index >= 15 is 0 Å². The Morgan fingerprint density at radius 1 is 1.25 bits per heavy atom.